The molecule has 0 unspecified atom stereocenters. The summed E-state index contributed by atoms with van der Waals surface area (Å²) in [7, 11) is 0. The van der Waals surface area contributed by atoms with Crippen LogP contribution in [0, 0.1) is 17.0 Å². The highest BCUT2D eigenvalue weighted by Crippen LogP contribution is 2.28. The SMILES string of the molecule is CC1(C)CNC(=O)N(c2ccc(F)cc2F)C1=O. The topological polar surface area (TPSA) is 49.4 Å². The molecule has 0 spiro atoms. The van der Waals surface area contributed by atoms with Crippen molar-refractivity contribution in [3.8, 4) is 0 Å². The molecule has 0 bridgehead atoms. The van der Waals surface area contributed by atoms with Crippen molar-refractivity contribution in [1.29, 1.82) is 0 Å². The summed E-state index contributed by atoms with van der Waals surface area (Å²) in [6.07, 6.45) is 0. The van der Waals surface area contributed by atoms with Gasteiger partial charge in [0.1, 0.15) is 11.6 Å². The Labute approximate surface area is 103 Å². The number of imide groups is 1. The van der Waals surface area contributed by atoms with E-state index in [0.29, 0.717) is 11.0 Å². The Hall–Kier alpha value is -1.98. The molecule has 0 aromatic heterocycles. The van der Waals surface area contributed by atoms with Gasteiger partial charge in [-0.25, -0.2) is 18.5 Å². The molecule has 2 rings (SSSR count). The molecule has 1 heterocycles. The molecule has 1 aromatic rings. The van der Waals surface area contributed by atoms with Crippen molar-refractivity contribution in [2.24, 2.45) is 5.41 Å². The first-order valence-electron chi connectivity index (χ1n) is 5.40. The van der Waals surface area contributed by atoms with E-state index < -0.39 is 29.0 Å². The van der Waals surface area contributed by atoms with Gasteiger partial charge in [0, 0.05) is 12.6 Å². The molecular formula is C12H12F2N2O2. The Morgan fingerprint density at radius 1 is 1.28 bits per heavy atom. The predicted octanol–water partition coefficient (Wildman–Crippen LogP) is 2.05. The Balaban J connectivity index is 2.47. The summed E-state index contributed by atoms with van der Waals surface area (Å²) in [4.78, 5) is 24.5. The highest BCUT2D eigenvalue weighted by atomic mass is 19.1. The van der Waals surface area contributed by atoms with Crippen molar-refractivity contribution >= 4 is 17.6 Å². The van der Waals surface area contributed by atoms with Crippen molar-refractivity contribution in [2.45, 2.75) is 13.8 Å². The number of nitrogens with zero attached hydrogens (tertiary/aromatic N) is 1. The van der Waals surface area contributed by atoms with Crippen molar-refractivity contribution in [1.82, 2.24) is 5.32 Å². The zero-order valence-electron chi connectivity index (χ0n) is 9.96. The van der Waals surface area contributed by atoms with Crippen molar-refractivity contribution < 1.29 is 18.4 Å². The molecule has 0 saturated carbocycles. The molecule has 18 heavy (non-hydrogen) atoms. The van der Waals surface area contributed by atoms with Crippen molar-refractivity contribution in [3.05, 3.63) is 29.8 Å². The maximum absolute atomic E-state index is 13.6. The number of halogens is 2. The molecule has 6 heteroatoms. The van der Waals surface area contributed by atoms with Gasteiger partial charge in [0.15, 0.2) is 0 Å². The Morgan fingerprint density at radius 2 is 1.94 bits per heavy atom. The van der Waals surface area contributed by atoms with Crippen LogP contribution in [0.4, 0.5) is 19.3 Å². The van der Waals surface area contributed by atoms with Gasteiger partial charge in [-0.05, 0) is 26.0 Å². The number of hydrogen-bond donors (Lipinski definition) is 1. The molecule has 1 saturated heterocycles. The van der Waals surface area contributed by atoms with Gasteiger partial charge in [0.2, 0.25) is 5.91 Å². The monoisotopic (exact) mass is 254 g/mol. The van der Waals surface area contributed by atoms with Crippen LogP contribution in [0.1, 0.15) is 13.8 Å². The summed E-state index contributed by atoms with van der Waals surface area (Å²) >= 11 is 0. The molecule has 0 aliphatic carbocycles. The lowest BCUT2D eigenvalue weighted by Gasteiger charge is -2.36. The van der Waals surface area contributed by atoms with Crippen LogP contribution in [0.25, 0.3) is 0 Å². The zero-order chi connectivity index (χ0) is 13.5. The molecule has 1 aromatic carbocycles. The molecule has 3 amide bonds. The van der Waals surface area contributed by atoms with Crippen LogP contribution in [0.5, 0.6) is 0 Å². The smallest absolute Gasteiger partial charge is 0.328 e. The molecule has 0 radical (unpaired) electrons. The average molecular weight is 254 g/mol. The van der Waals surface area contributed by atoms with E-state index in [1.165, 1.54) is 0 Å². The minimum absolute atomic E-state index is 0.185. The lowest BCUT2D eigenvalue weighted by molar-refractivity contribution is -0.126. The van der Waals surface area contributed by atoms with Gasteiger partial charge >= 0.3 is 6.03 Å². The summed E-state index contributed by atoms with van der Waals surface area (Å²) in [6.45, 7) is 3.47. The van der Waals surface area contributed by atoms with Gasteiger partial charge in [-0.2, -0.15) is 0 Å². The first-order chi connectivity index (χ1) is 8.33. The second-order valence-electron chi connectivity index (χ2n) is 4.78. The Bertz CT molecular complexity index is 529. The third-order valence-electron chi connectivity index (χ3n) is 2.82. The fraction of sp³-hybridized carbons (Fsp3) is 0.333. The van der Waals surface area contributed by atoms with Crippen molar-refractivity contribution in [3.63, 3.8) is 0 Å². The second kappa shape index (κ2) is 4.04. The van der Waals surface area contributed by atoms with E-state index >= 15 is 0 Å². The predicted molar refractivity (Wildman–Crippen MR) is 61.0 cm³/mol. The standard InChI is InChI=1S/C12H12F2N2O2/c1-12(2)6-15-11(18)16(10(12)17)9-4-3-7(13)5-8(9)14/h3-5H,6H2,1-2H3,(H,15,18). The van der Waals surface area contributed by atoms with Crippen LogP contribution in [0.3, 0.4) is 0 Å². The number of carbonyl (C=O) groups is 2. The molecule has 1 fully saturated rings. The minimum Gasteiger partial charge on any atom is -0.336 e. The maximum Gasteiger partial charge on any atom is 0.328 e. The first kappa shape index (κ1) is 12.5. The third kappa shape index (κ3) is 1.94. The van der Waals surface area contributed by atoms with Gasteiger partial charge in [0.25, 0.3) is 0 Å². The highest BCUT2D eigenvalue weighted by molar-refractivity contribution is 6.17. The lowest BCUT2D eigenvalue weighted by atomic mass is 9.89. The summed E-state index contributed by atoms with van der Waals surface area (Å²) in [5.74, 6) is -2.23. The fourth-order valence-electron chi connectivity index (χ4n) is 1.73. The third-order valence-corrected chi connectivity index (χ3v) is 2.82. The number of anilines is 1. The molecule has 1 aliphatic heterocycles. The van der Waals surface area contributed by atoms with E-state index in [1.54, 1.807) is 13.8 Å². The fourth-order valence-corrected chi connectivity index (χ4v) is 1.73. The maximum atomic E-state index is 13.6. The molecule has 1 aliphatic rings. The Kier molecular flexibility index (Phi) is 2.80. The Morgan fingerprint density at radius 3 is 2.56 bits per heavy atom. The van der Waals surface area contributed by atoms with Crippen LogP contribution in [-0.4, -0.2) is 18.5 Å². The van der Waals surface area contributed by atoms with Crippen LogP contribution >= 0.6 is 0 Å². The van der Waals surface area contributed by atoms with Crippen LogP contribution < -0.4 is 10.2 Å². The van der Waals surface area contributed by atoms with Gasteiger partial charge in [-0.15, -0.1) is 0 Å². The van der Waals surface area contributed by atoms with E-state index in [-0.39, 0.29) is 12.2 Å². The minimum atomic E-state index is -0.948. The van der Waals surface area contributed by atoms with E-state index in [4.69, 9.17) is 0 Å². The molecule has 4 nitrogen and oxygen atoms in total. The van der Waals surface area contributed by atoms with Crippen LogP contribution in [0.15, 0.2) is 18.2 Å². The van der Waals surface area contributed by atoms with Gasteiger partial charge in [-0.1, -0.05) is 0 Å². The quantitative estimate of drug-likeness (QED) is 0.833. The number of nitrogens with one attached hydrogen (secondary N) is 1. The number of urea groups is 1. The molecule has 96 valence electrons. The normalized spacial score (nSPS) is 18.8. The second-order valence-corrected chi connectivity index (χ2v) is 4.78. The summed E-state index contributed by atoms with van der Waals surface area (Å²) < 4.78 is 26.4. The average Bonchev–Trinajstić information content (AvgIpc) is 2.28. The van der Waals surface area contributed by atoms with Crippen LogP contribution in [0.2, 0.25) is 0 Å². The van der Waals surface area contributed by atoms with E-state index in [9.17, 15) is 18.4 Å². The zero-order valence-corrected chi connectivity index (χ0v) is 9.96. The number of hydrogen-bond acceptors (Lipinski definition) is 2. The van der Waals surface area contributed by atoms with Crippen LogP contribution in [-0.2, 0) is 4.79 Å². The van der Waals surface area contributed by atoms with E-state index in [1.807, 2.05) is 0 Å². The largest absolute Gasteiger partial charge is 0.336 e. The lowest BCUT2D eigenvalue weighted by Crippen LogP contribution is -2.59. The van der Waals surface area contributed by atoms with Crippen molar-refractivity contribution in [2.75, 3.05) is 11.4 Å². The van der Waals surface area contributed by atoms with E-state index in [2.05, 4.69) is 5.32 Å². The summed E-state index contributed by atoms with van der Waals surface area (Å²) in [5.41, 5.74) is -1.07. The highest BCUT2D eigenvalue weighted by Gasteiger charge is 2.41. The van der Waals surface area contributed by atoms with Gasteiger partial charge in [-0.3, -0.25) is 4.79 Å². The van der Waals surface area contributed by atoms with Gasteiger partial charge in [0.05, 0.1) is 11.1 Å². The van der Waals surface area contributed by atoms with E-state index in [0.717, 1.165) is 12.1 Å². The first-order valence-corrected chi connectivity index (χ1v) is 5.40. The molecular weight excluding hydrogens is 242 g/mol. The molecule has 0 atom stereocenters. The number of rotatable bonds is 1. The number of carbonyl (C=O) groups excluding carboxylic acids is 2. The molecule has 1 N–H and O–H groups in total. The van der Waals surface area contributed by atoms with Gasteiger partial charge < -0.3 is 5.32 Å². The summed E-state index contributed by atoms with van der Waals surface area (Å²) in [5, 5.41) is 2.50. The number of amides is 3. The number of benzene rings is 1. The summed E-state index contributed by atoms with van der Waals surface area (Å²) in [6, 6.07) is 2.01.